The highest BCUT2D eigenvalue weighted by atomic mass is 32.1. The number of benzene rings is 1. The van der Waals surface area contributed by atoms with Gasteiger partial charge in [0.15, 0.2) is 0 Å². The molecule has 2 rings (SSSR count). The number of aromatic nitrogens is 2. The van der Waals surface area contributed by atoms with E-state index < -0.39 is 5.69 Å². The second-order valence-electron chi connectivity index (χ2n) is 4.18. The van der Waals surface area contributed by atoms with E-state index in [1.165, 1.54) is 4.57 Å². The van der Waals surface area contributed by atoms with E-state index in [0.717, 1.165) is 5.56 Å². The second kappa shape index (κ2) is 5.24. The molecule has 0 saturated heterocycles. The molecule has 0 bridgehead atoms. The van der Waals surface area contributed by atoms with Crippen molar-refractivity contribution < 1.29 is 0 Å². The molecule has 1 aromatic carbocycles. The summed E-state index contributed by atoms with van der Waals surface area (Å²) < 4.78 is 1.18. The molecular weight excluding hydrogens is 268 g/mol. The molecule has 18 heavy (non-hydrogen) atoms. The van der Waals surface area contributed by atoms with Crippen LogP contribution in [-0.2, 0) is 6.54 Å². The van der Waals surface area contributed by atoms with E-state index in [9.17, 15) is 9.59 Å². The van der Waals surface area contributed by atoms with Crippen LogP contribution in [0.3, 0.4) is 0 Å². The van der Waals surface area contributed by atoms with E-state index in [-0.39, 0.29) is 17.4 Å². The predicted molar refractivity (Wildman–Crippen MR) is 80.2 cm³/mol. The SMILES string of the molecule is Cc1cccc2[nH]c(=O)n(CC(S)CS)c(=O)c12. The third-order valence-electron chi connectivity index (χ3n) is 2.82. The molecule has 0 spiro atoms. The van der Waals surface area contributed by atoms with Gasteiger partial charge in [-0.2, -0.15) is 25.3 Å². The van der Waals surface area contributed by atoms with Crippen molar-refractivity contribution in [1.29, 1.82) is 0 Å². The standard InChI is InChI=1S/C12H14N2O2S2/c1-7-3-2-4-9-10(7)11(15)14(12(16)13-9)5-8(18)6-17/h2-4,8,17-18H,5-6H2,1H3,(H,13,16). The molecule has 0 aliphatic rings. The van der Waals surface area contributed by atoms with Crippen molar-refractivity contribution in [1.82, 2.24) is 9.55 Å². The molecule has 6 heteroatoms. The number of fused-ring (bicyclic) bond motifs is 1. The van der Waals surface area contributed by atoms with Gasteiger partial charge in [-0.3, -0.25) is 9.36 Å². The summed E-state index contributed by atoms with van der Waals surface area (Å²) in [6.07, 6.45) is 0. The summed E-state index contributed by atoms with van der Waals surface area (Å²) in [5.74, 6) is 0.501. The summed E-state index contributed by atoms with van der Waals surface area (Å²) in [4.78, 5) is 26.9. The smallest absolute Gasteiger partial charge is 0.307 e. The summed E-state index contributed by atoms with van der Waals surface area (Å²) in [7, 11) is 0. The predicted octanol–water partition coefficient (Wildman–Crippen LogP) is 1.23. The van der Waals surface area contributed by atoms with Gasteiger partial charge in [0.2, 0.25) is 0 Å². The lowest BCUT2D eigenvalue weighted by Crippen LogP contribution is -2.38. The first-order chi connectivity index (χ1) is 8.54. The van der Waals surface area contributed by atoms with Gasteiger partial charge < -0.3 is 4.98 Å². The Kier molecular flexibility index (Phi) is 3.87. The molecule has 1 atom stereocenters. The molecule has 1 aromatic heterocycles. The van der Waals surface area contributed by atoms with Crippen molar-refractivity contribution >= 4 is 36.2 Å². The summed E-state index contributed by atoms with van der Waals surface area (Å²) in [5, 5.41) is 0.422. The zero-order chi connectivity index (χ0) is 13.3. The zero-order valence-electron chi connectivity index (χ0n) is 9.88. The minimum Gasteiger partial charge on any atom is -0.307 e. The van der Waals surface area contributed by atoms with Crippen LogP contribution in [0.15, 0.2) is 27.8 Å². The van der Waals surface area contributed by atoms with Crippen molar-refractivity contribution in [2.24, 2.45) is 0 Å². The van der Waals surface area contributed by atoms with Crippen LogP contribution < -0.4 is 11.2 Å². The van der Waals surface area contributed by atoms with Crippen LogP contribution in [0.5, 0.6) is 0 Å². The lowest BCUT2D eigenvalue weighted by Gasteiger charge is -2.10. The molecular formula is C12H14N2O2S2. The van der Waals surface area contributed by atoms with Crippen LogP contribution >= 0.6 is 25.3 Å². The summed E-state index contributed by atoms with van der Waals surface area (Å²) >= 11 is 8.37. The molecule has 4 nitrogen and oxygen atoms in total. The summed E-state index contributed by atoms with van der Waals surface area (Å²) in [6, 6.07) is 5.39. The molecule has 1 unspecified atom stereocenters. The Labute approximate surface area is 115 Å². The topological polar surface area (TPSA) is 54.9 Å². The molecule has 2 aromatic rings. The minimum absolute atomic E-state index is 0.131. The van der Waals surface area contributed by atoms with Gasteiger partial charge in [0.1, 0.15) is 0 Å². The number of nitrogens with one attached hydrogen (secondary N) is 1. The summed E-state index contributed by atoms with van der Waals surface area (Å²) in [5.41, 5.74) is 0.749. The van der Waals surface area contributed by atoms with Crippen molar-refractivity contribution in [3.8, 4) is 0 Å². The number of aromatic amines is 1. The number of hydrogen-bond acceptors (Lipinski definition) is 4. The van der Waals surface area contributed by atoms with E-state index in [4.69, 9.17) is 0 Å². The molecule has 96 valence electrons. The highest BCUT2D eigenvalue weighted by molar-refractivity contribution is 7.84. The van der Waals surface area contributed by atoms with E-state index in [1.54, 1.807) is 6.07 Å². The number of hydrogen-bond donors (Lipinski definition) is 3. The molecule has 0 fully saturated rings. The molecule has 0 aliphatic carbocycles. The van der Waals surface area contributed by atoms with Crippen molar-refractivity contribution in [2.75, 3.05) is 5.75 Å². The van der Waals surface area contributed by atoms with Gasteiger partial charge >= 0.3 is 5.69 Å². The maximum Gasteiger partial charge on any atom is 0.328 e. The van der Waals surface area contributed by atoms with Crippen LogP contribution in [0.4, 0.5) is 0 Å². The van der Waals surface area contributed by atoms with Gasteiger partial charge in [-0.15, -0.1) is 0 Å². The Morgan fingerprint density at radius 1 is 1.39 bits per heavy atom. The third kappa shape index (κ3) is 2.35. The van der Waals surface area contributed by atoms with Gasteiger partial charge in [0, 0.05) is 17.5 Å². The van der Waals surface area contributed by atoms with Crippen LogP contribution in [0, 0.1) is 6.92 Å². The highest BCUT2D eigenvalue weighted by Gasteiger charge is 2.11. The second-order valence-corrected chi connectivity index (χ2v) is 5.28. The Bertz CT molecular complexity index is 691. The fraction of sp³-hybridized carbons (Fsp3) is 0.333. The Balaban J connectivity index is 2.72. The molecule has 0 aliphatic heterocycles. The first-order valence-corrected chi connectivity index (χ1v) is 6.71. The van der Waals surface area contributed by atoms with Crippen LogP contribution in [0.25, 0.3) is 10.9 Å². The van der Waals surface area contributed by atoms with E-state index >= 15 is 0 Å². The van der Waals surface area contributed by atoms with Gasteiger partial charge in [0.25, 0.3) is 5.56 Å². The van der Waals surface area contributed by atoms with E-state index in [1.807, 2.05) is 19.1 Å². The average Bonchev–Trinajstić information content (AvgIpc) is 2.33. The fourth-order valence-corrected chi connectivity index (χ4v) is 2.18. The van der Waals surface area contributed by atoms with E-state index in [2.05, 4.69) is 30.2 Å². The number of rotatable bonds is 3. The van der Waals surface area contributed by atoms with Gasteiger partial charge in [-0.05, 0) is 18.6 Å². The highest BCUT2D eigenvalue weighted by Crippen LogP contribution is 2.10. The largest absolute Gasteiger partial charge is 0.328 e. The number of nitrogens with zero attached hydrogens (tertiary/aromatic N) is 1. The van der Waals surface area contributed by atoms with Crippen LogP contribution in [0.1, 0.15) is 5.56 Å². The van der Waals surface area contributed by atoms with Gasteiger partial charge in [-0.1, -0.05) is 12.1 Å². The molecule has 0 radical (unpaired) electrons. The molecule has 1 heterocycles. The Morgan fingerprint density at radius 2 is 2.11 bits per heavy atom. The first kappa shape index (κ1) is 13.3. The minimum atomic E-state index is -0.404. The third-order valence-corrected chi connectivity index (χ3v) is 3.90. The van der Waals surface area contributed by atoms with Crippen LogP contribution in [0.2, 0.25) is 0 Å². The number of aryl methyl sites for hydroxylation is 1. The first-order valence-electron chi connectivity index (χ1n) is 5.56. The number of H-pyrrole nitrogens is 1. The normalized spacial score (nSPS) is 12.8. The Morgan fingerprint density at radius 3 is 2.78 bits per heavy atom. The van der Waals surface area contributed by atoms with Gasteiger partial charge in [0.05, 0.1) is 10.9 Å². The Hall–Kier alpha value is -1.14. The lowest BCUT2D eigenvalue weighted by atomic mass is 10.1. The lowest BCUT2D eigenvalue weighted by molar-refractivity contribution is 0.639. The maximum atomic E-state index is 12.3. The monoisotopic (exact) mass is 282 g/mol. The fourth-order valence-electron chi connectivity index (χ4n) is 1.90. The molecule has 1 N–H and O–H groups in total. The van der Waals surface area contributed by atoms with E-state index in [0.29, 0.717) is 16.7 Å². The van der Waals surface area contributed by atoms with Crippen molar-refractivity contribution in [2.45, 2.75) is 18.7 Å². The summed E-state index contributed by atoms with van der Waals surface area (Å²) in [6.45, 7) is 2.11. The molecule has 0 amide bonds. The van der Waals surface area contributed by atoms with Crippen LogP contribution in [-0.4, -0.2) is 20.6 Å². The van der Waals surface area contributed by atoms with Gasteiger partial charge in [-0.25, -0.2) is 4.79 Å². The average molecular weight is 282 g/mol. The number of thiol groups is 2. The quantitative estimate of drug-likeness (QED) is 0.742. The zero-order valence-corrected chi connectivity index (χ0v) is 11.7. The van der Waals surface area contributed by atoms with Crippen molar-refractivity contribution in [3.63, 3.8) is 0 Å². The molecule has 0 saturated carbocycles. The van der Waals surface area contributed by atoms with Crippen molar-refractivity contribution in [3.05, 3.63) is 44.6 Å². The maximum absolute atomic E-state index is 12.3.